The first-order chi connectivity index (χ1) is 12.1. The molecule has 9 heteroatoms. The third kappa shape index (κ3) is 5.08. The van der Waals surface area contributed by atoms with Crippen molar-refractivity contribution in [1.82, 2.24) is 9.97 Å². The Morgan fingerprint density at radius 2 is 1.96 bits per heavy atom. The zero-order valence-electron chi connectivity index (χ0n) is 14.4. The van der Waals surface area contributed by atoms with E-state index in [4.69, 9.17) is 11.6 Å². The summed E-state index contributed by atoms with van der Waals surface area (Å²) in [5, 5.41) is 5.10. The van der Waals surface area contributed by atoms with E-state index in [1.165, 1.54) is 12.1 Å². The smallest absolute Gasteiger partial charge is 0.368 e. The van der Waals surface area contributed by atoms with E-state index in [9.17, 15) is 18.0 Å². The summed E-state index contributed by atoms with van der Waals surface area (Å²) in [6.45, 7) is 5.59. The van der Waals surface area contributed by atoms with Crippen molar-refractivity contribution >= 4 is 29.0 Å². The summed E-state index contributed by atoms with van der Waals surface area (Å²) < 4.78 is 38.8. The van der Waals surface area contributed by atoms with E-state index in [0.717, 1.165) is 18.6 Å². The van der Waals surface area contributed by atoms with Gasteiger partial charge in [0.2, 0.25) is 0 Å². The highest BCUT2D eigenvalue weighted by Gasteiger charge is 2.33. The van der Waals surface area contributed by atoms with Crippen LogP contribution in [0.25, 0.3) is 0 Å². The molecule has 0 bridgehead atoms. The number of nitrogens with zero attached hydrogens (tertiary/aromatic N) is 2. The highest BCUT2D eigenvalue weighted by Crippen LogP contribution is 2.36. The van der Waals surface area contributed by atoms with Crippen molar-refractivity contribution < 1.29 is 18.0 Å². The quantitative estimate of drug-likeness (QED) is 0.765. The molecule has 1 aromatic carbocycles. The summed E-state index contributed by atoms with van der Waals surface area (Å²) in [5.74, 6) is 0.206. The van der Waals surface area contributed by atoms with E-state index >= 15 is 0 Å². The Kier molecular flexibility index (Phi) is 6.07. The molecule has 1 aromatic heterocycles. The van der Waals surface area contributed by atoms with E-state index in [2.05, 4.69) is 20.6 Å². The van der Waals surface area contributed by atoms with Crippen LogP contribution in [0.2, 0.25) is 5.02 Å². The van der Waals surface area contributed by atoms with Crippen molar-refractivity contribution in [2.45, 2.75) is 39.4 Å². The first-order valence-corrected chi connectivity index (χ1v) is 8.28. The second-order valence-corrected chi connectivity index (χ2v) is 6.19. The monoisotopic (exact) mass is 386 g/mol. The standard InChI is InChI=1S/C17H18ClF3N4O/c1-4-9(2)22-15-8-14(23-10(3)24-15)16(26)25-11-5-6-13(18)12(7-11)17(19,20)21/h5-9H,4H2,1-3H3,(H,25,26)(H,22,23,24). The van der Waals surface area contributed by atoms with Crippen LogP contribution in [0.5, 0.6) is 0 Å². The zero-order valence-corrected chi connectivity index (χ0v) is 15.2. The molecule has 0 aliphatic rings. The van der Waals surface area contributed by atoms with Gasteiger partial charge in [-0.25, -0.2) is 9.97 Å². The van der Waals surface area contributed by atoms with E-state index in [0.29, 0.717) is 11.6 Å². The number of alkyl halides is 3. The molecule has 1 heterocycles. The third-order valence-electron chi connectivity index (χ3n) is 3.61. The summed E-state index contributed by atoms with van der Waals surface area (Å²) >= 11 is 5.58. The molecule has 0 spiro atoms. The molecule has 1 atom stereocenters. The minimum absolute atomic E-state index is 0.0283. The second-order valence-electron chi connectivity index (χ2n) is 5.79. The number of anilines is 2. The van der Waals surface area contributed by atoms with Gasteiger partial charge >= 0.3 is 6.18 Å². The maximum atomic E-state index is 12.9. The molecule has 0 aliphatic heterocycles. The lowest BCUT2D eigenvalue weighted by Crippen LogP contribution is -2.19. The second kappa shape index (κ2) is 7.90. The van der Waals surface area contributed by atoms with Gasteiger partial charge in [-0.3, -0.25) is 4.79 Å². The SMILES string of the molecule is CCC(C)Nc1cc(C(=O)Nc2ccc(Cl)c(C(F)(F)F)c2)nc(C)n1. The van der Waals surface area contributed by atoms with Gasteiger partial charge in [-0.2, -0.15) is 13.2 Å². The number of rotatable bonds is 5. The number of carbonyl (C=O) groups excluding carboxylic acids is 1. The van der Waals surface area contributed by atoms with Crippen LogP contribution in [-0.4, -0.2) is 21.9 Å². The van der Waals surface area contributed by atoms with Crippen molar-refractivity contribution in [2.75, 3.05) is 10.6 Å². The van der Waals surface area contributed by atoms with Crippen LogP contribution in [0.4, 0.5) is 24.7 Å². The average molecular weight is 387 g/mol. The van der Waals surface area contributed by atoms with Crippen molar-refractivity contribution in [3.63, 3.8) is 0 Å². The van der Waals surface area contributed by atoms with Crippen LogP contribution < -0.4 is 10.6 Å². The minimum Gasteiger partial charge on any atom is -0.368 e. The van der Waals surface area contributed by atoms with E-state index < -0.39 is 22.7 Å². The molecule has 2 rings (SSSR count). The Morgan fingerprint density at radius 3 is 2.58 bits per heavy atom. The molecule has 0 saturated carbocycles. The van der Waals surface area contributed by atoms with Gasteiger partial charge in [0, 0.05) is 17.8 Å². The fourth-order valence-corrected chi connectivity index (χ4v) is 2.35. The molecule has 1 amide bonds. The fourth-order valence-electron chi connectivity index (χ4n) is 2.13. The number of amides is 1. The lowest BCUT2D eigenvalue weighted by atomic mass is 10.2. The van der Waals surface area contributed by atoms with Crippen LogP contribution in [0.15, 0.2) is 24.3 Å². The van der Waals surface area contributed by atoms with Gasteiger partial charge in [0.1, 0.15) is 17.3 Å². The van der Waals surface area contributed by atoms with Crippen LogP contribution in [0.3, 0.4) is 0 Å². The van der Waals surface area contributed by atoms with Crippen LogP contribution in [0.1, 0.15) is 42.1 Å². The number of aryl methyl sites for hydroxylation is 1. The molecule has 140 valence electrons. The molecular formula is C17H18ClF3N4O. The maximum Gasteiger partial charge on any atom is 0.417 e. The third-order valence-corrected chi connectivity index (χ3v) is 3.94. The molecule has 26 heavy (non-hydrogen) atoms. The normalized spacial score (nSPS) is 12.6. The van der Waals surface area contributed by atoms with E-state index in [1.54, 1.807) is 6.92 Å². The lowest BCUT2D eigenvalue weighted by Gasteiger charge is -2.14. The summed E-state index contributed by atoms with van der Waals surface area (Å²) in [4.78, 5) is 20.6. The van der Waals surface area contributed by atoms with Gasteiger partial charge < -0.3 is 10.6 Å². The topological polar surface area (TPSA) is 66.9 Å². The number of aromatic nitrogens is 2. The Labute approximate surface area is 154 Å². The Morgan fingerprint density at radius 1 is 1.27 bits per heavy atom. The summed E-state index contributed by atoms with van der Waals surface area (Å²) in [6.07, 6.45) is -3.76. The van der Waals surface area contributed by atoms with Gasteiger partial charge in [-0.1, -0.05) is 18.5 Å². The number of nitrogens with one attached hydrogen (secondary N) is 2. The predicted molar refractivity (Wildman–Crippen MR) is 94.6 cm³/mol. The molecular weight excluding hydrogens is 369 g/mol. The molecule has 5 nitrogen and oxygen atoms in total. The first-order valence-electron chi connectivity index (χ1n) is 7.90. The number of hydrogen-bond donors (Lipinski definition) is 2. The van der Waals surface area contributed by atoms with Crippen molar-refractivity contribution in [2.24, 2.45) is 0 Å². The fraction of sp³-hybridized carbons (Fsp3) is 0.353. The molecule has 2 aromatic rings. The average Bonchev–Trinajstić information content (AvgIpc) is 2.54. The van der Waals surface area contributed by atoms with Crippen LogP contribution in [-0.2, 0) is 6.18 Å². The lowest BCUT2D eigenvalue weighted by molar-refractivity contribution is -0.137. The first kappa shape index (κ1) is 20.0. The molecule has 0 saturated heterocycles. The molecule has 0 fully saturated rings. The molecule has 1 unspecified atom stereocenters. The minimum atomic E-state index is -4.61. The van der Waals surface area contributed by atoms with Gasteiger partial charge in [-0.15, -0.1) is 0 Å². The Bertz CT molecular complexity index is 811. The Hall–Kier alpha value is -2.35. The number of hydrogen-bond acceptors (Lipinski definition) is 4. The van der Waals surface area contributed by atoms with Crippen molar-refractivity contribution in [1.29, 1.82) is 0 Å². The predicted octanol–water partition coefficient (Wildman–Crippen LogP) is 4.92. The van der Waals surface area contributed by atoms with Crippen LogP contribution >= 0.6 is 11.6 Å². The van der Waals surface area contributed by atoms with Gasteiger partial charge in [0.05, 0.1) is 10.6 Å². The van der Waals surface area contributed by atoms with Crippen molar-refractivity contribution in [3.05, 3.63) is 46.4 Å². The van der Waals surface area contributed by atoms with Crippen LogP contribution in [0, 0.1) is 6.92 Å². The number of carbonyl (C=O) groups is 1. The Balaban J connectivity index is 2.25. The molecule has 0 aliphatic carbocycles. The largest absolute Gasteiger partial charge is 0.417 e. The van der Waals surface area contributed by atoms with Crippen molar-refractivity contribution in [3.8, 4) is 0 Å². The summed E-state index contributed by atoms with van der Waals surface area (Å²) in [6, 6.07) is 4.76. The molecule has 2 N–H and O–H groups in total. The van der Waals surface area contributed by atoms with Gasteiger partial charge in [0.25, 0.3) is 5.91 Å². The highest BCUT2D eigenvalue weighted by atomic mass is 35.5. The van der Waals surface area contributed by atoms with E-state index in [1.807, 2.05) is 13.8 Å². The number of benzene rings is 1. The zero-order chi connectivity index (χ0) is 19.5. The van der Waals surface area contributed by atoms with Gasteiger partial charge in [0.15, 0.2) is 0 Å². The summed E-state index contributed by atoms with van der Waals surface area (Å²) in [7, 11) is 0. The maximum absolute atomic E-state index is 12.9. The van der Waals surface area contributed by atoms with E-state index in [-0.39, 0.29) is 17.4 Å². The molecule has 0 radical (unpaired) electrons. The highest BCUT2D eigenvalue weighted by molar-refractivity contribution is 6.31. The summed E-state index contributed by atoms with van der Waals surface area (Å²) in [5.41, 5.74) is -0.999. The number of halogens is 4. The van der Waals surface area contributed by atoms with Gasteiger partial charge in [-0.05, 0) is 38.5 Å².